The molecule has 0 saturated carbocycles. The van der Waals surface area contributed by atoms with E-state index in [0.717, 1.165) is 143 Å². The van der Waals surface area contributed by atoms with Gasteiger partial charge in [-0.2, -0.15) is 0 Å². The van der Waals surface area contributed by atoms with E-state index in [1.54, 1.807) is 12.5 Å². The van der Waals surface area contributed by atoms with Crippen molar-refractivity contribution in [2.45, 2.75) is 0 Å². The van der Waals surface area contributed by atoms with Crippen LogP contribution in [-0.2, 0) is 0 Å². The molecule has 368 valence electrons. The van der Waals surface area contributed by atoms with Crippen molar-refractivity contribution in [3.63, 3.8) is 0 Å². The Morgan fingerprint density at radius 1 is 0.367 bits per heavy atom. The van der Waals surface area contributed by atoms with Crippen molar-refractivity contribution < 1.29 is 8.83 Å². The van der Waals surface area contributed by atoms with Gasteiger partial charge in [0.2, 0.25) is 0 Å². The molecule has 0 fully saturated rings. The van der Waals surface area contributed by atoms with Gasteiger partial charge in [-0.3, -0.25) is 9.97 Å². The Labute approximate surface area is 448 Å². The fourth-order valence-corrected chi connectivity index (χ4v) is 12.2. The van der Waals surface area contributed by atoms with E-state index >= 15 is 0 Å². The summed E-state index contributed by atoms with van der Waals surface area (Å²) in [5, 5.41) is 7.90. The van der Waals surface area contributed by atoms with Crippen LogP contribution in [-0.4, -0.2) is 44.9 Å². The van der Waals surface area contributed by atoms with Crippen molar-refractivity contribution in [1.29, 1.82) is 0 Å². The maximum atomic E-state index is 7.50. The van der Waals surface area contributed by atoms with E-state index in [4.69, 9.17) is 38.7 Å². The highest BCUT2D eigenvalue weighted by Gasteiger charge is 2.34. The number of aromatic amines is 3. The smallest absolute Gasteiger partial charge is 0.177 e. The number of para-hydroxylation sites is 7. The zero-order valence-electron chi connectivity index (χ0n) is 41.8. The van der Waals surface area contributed by atoms with Gasteiger partial charge in [-0.15, -0.1) is 0 Å². The monoisotopic (exact) mass is 1010 g/mol. The lowest BCUT2D eigenvalue weighted by molar-refractivity contribution is 0.633. The first-order valence-electron chi connectivity index (χ1n) is 26.2. The summed E-state index contributed by atoms with van der Waals surface area (Å²) in [6.07, 6.45) is 5.43. The van der Waals surface area contributed by atoms with Crippen LogP contribution in [0.4, 0.5) is 0 Å². The summed E-state index contributed by atoms with van der Waals surface area (Å²) in [6, 6.07) is 68.4. The molecule has 0 amide bonds. The number of fused-ring (bicyclic) bond motifs is 11. The highest BCUT2D eigenvalue weighted by molar-refractivity contribution is 6.26. The molecular weight excluding hydrogens is 975 g/mol. The number of nitrogens with zero attached hydrogens (tertiary/aromatic N) is 6. The Hall–Kier alpha value is -11.0. The van der Waals surface area contributed by atoms with E-state index in [2.05, 4.69) is 130 Å². The molecule has 0 radical (unpaired) electrons. The third-order valence-electron chi connectivity index (χ3n) is 15.6. The molecular formula is C68H39N9O2. The lowest BCUT2D eigenvalue weighted by Gasteiger charge is -2.22. The molecule has 3 N–H and O–H groups in total. The maximum Gasteiger partial charge on any atom is 0.177 e. The minimum absolute atomic E-state index is 0.517. The summed E-state index contributed by atoms with van der Waals surface area (Å²) < 4.78 is 14.2. The molecule has 0 aliphatic carbocycles. The first-order chi connectivity index (χ1) is 39.2. The number of hydrogen-bond acceptors (Lipinski definition) is 8. The summed E-state index contributed by atoms with van der Waals surface area (Å²) in [5.41, 5.74) is 18.2. The van der Waals surface area contributed by atoms with Crippen molar-refractivity contribution in [3.05, 3.63) is 219 Å². The van der Waals surface area contributed by atoms with Crippen LogP contribution in [0.5, 0.6) is 0 Å². The van der Waals surface area contributed by atoms with Gasteiger partial charge < -0.3 is 23.8 Å². The van der Waals surface area contributed by atoms with Crippen LogP contribution in [0.3, 0.4) is 0 Å². The second-order valence-corrected chi connectivity index (χ2v) is 19.9. The fraction of sp³-hybridized carbons (Fsp3) is 0. The second kappa shape index (κ2) is 16.7. The Kier molecular flexibility index (Phi) is 9.15. The maximum absolute atomic E-state index is 7.50. The van der Waals surface area contributed by atoms with Crippen molar-refractivity contribution in [3.8, 4) is 79.0 Å². The quantitative estimate of drug-likeness (QED) is 0.143. The van der Waals surface area contributed by atoms with E-state index in [1.807, 2.05) is 91.1 Å². The zero-order valence-corrected chi connectivity index (χ0v) is 41.8. The number of imidazole rings is 1. The highest BCUT2D eigenvalue weighted by atomic mass is 16.3. The standard InChI is InChI=1S/C68H39N9O2/c1-2-19-40-39(18-1)63(76-64(40)68-75-47-27-8-4-20-41(47)62(77-68)51-35-70-48-28-9-10-29-49(48)73-51)58-43-22-6-12-32-53(43)79-67(58)60-57(45-25-15-23-38-37-17-3-7-26-46(37)74-61(38)45)56(59(50-30-13-14-34-69-50)65-66(60)72-36-71-65)44-24-16-33-54-55(44)42-21-5-11-31-52(42)78-54/h1-36,74,76H,(H,71,72). The SMILES string of the molecule is c1ccc(-c2c(-c3cccc4oc5ccccc5c34)c(-c3cccc4c3[nH]c3ccccc34)c(-c3oc4ccccc4c3-c3[nH]c(-c4nc(-c5cnc6ccccc6n5)c5ccccc5n4)c4ccccc34)c3nc[nH]c23)nc1. The van der Waals surface area contributed by atoms with Gasteiger partial charge in [0.15, 0.2) is 5.82 Å². The average Bonchev–Trinajstić information content (AvgIpc) is 4.56. The van der Waals surface area contributed by atoms with Gasteiger partial charge in [-0.05, 0) is 60.2 Å². The molecule has 9 aromatic carbocycles. The Bertz CT molecular complexity index is 5350. The number of hydrogen-bond donors (Lipinski definition) is 3. The molecule has 0 aliphatic rings. The summed E-state index contributed by atoms with van der Waals surface area (Å²) in [6.45, 7) is 0. The summed E-state index contributed by atoms with van der Waals surface area (Å²) >= 11 is 0. The normalized spacial score (nSPS) is 12.1. The minimum atomic E-state index is 0.517. The number of rotatable bonds is 7. The lowest BCUT2D eigenvalue weighted by atomic mass is 9.81. The Balaban J connectivity index is 1.02. The molecule has 0 saturated heterocycles. The summed E-state index contributed by atoms with van der Waals surface area (Å²) in [4.78, 5) is 42.6. The van der Waals surface area contributed by atoms with Crippen molar-refractivity contribution in [2.24, 2.45) is 0 Å². The topological polar surface area (TPSA) is 151 Å². The van der Waals surface area contributed by atoms with Gasteiger partial charge in [0, 0.05) is 77.1 Å². The molecule has 0 aliphatic heterocycles. The van der Waals surface area contributed by atoms with E-state index in [1.165, 1.54) is 0 Å². The van der Waals surface area contributed by atoms with E-state index in [9.17, 15) is 0 Å². The molecule has 11 nitrogen and oxygen atoms in total. The Morgan fingerprint density at radius 2 is 1.03 bits per heavy atom. The van der Waals surface area contributed by atoms with Crippen LogP contribution in [0.2, 0.25) is 0 Å². The van der Waals surface area contributed by atoms with Gasteiger partial charge in [0.05, 0.1) is 68.3 Å². The van der Waals surface area contributed by atoms with Crippen molar-refractivity contribution in [2.75, 3.05) is 0 Å². The molecule has 0 unspecified atom stereocenters. The highest BCUT2D eigenvalue weighted by Crippen LogP contribution is 2.56. The third kappa shape index (κ3) is 6.41. The van der Waals surface area contributed by atoms with Crippen LogP contribution >= 0.6 is 0 Å². The van der Waals surface area contributed by atoms with Crippen LogP contribution < -0.4 is 0 Å². The number of furan rings is 2. The number of nitrogens with one attached hydrogen (secondary N) is 3. The Morgan fingerprint density at radius 3 is 1.87 bits per heavy atom. The van der Waals surface area contributed by atoms with Crippen LogP contribution in [0, 0.1) is 0 Å². The number of H-pyrrole nitrogens is 3. The predicted molar refractivity (Wildman–Crippen MR) is 316 cm³/mol. The molecule has 8 heterocycles. The molecule has 17 rings (SSSR count). The number of aromatic nitrogens is 9. The third-order valence-corrected chi connectivity index (χ3v) is 15.6. The van der Waals surface area contributed by atoms with E-state index < -0.39 is 0 Å². The molecule has 0 bridgehead atoms. The van der Waals surface area contributed by atoms with Crippen LogP contribution in [0.1, 0.15) is 0 Å². The largest absolute Gasteiger partial charge is 0.456 e. The second-order valence-electron chi connectivity index (χ2n) is 19.9. The molecule has 79 heavy (non-hydrogen) atoms. The molecule has 0 atom stereocenters. The van der Waals surface area contributed by atoms with Crippen LogP contribution in [0.25, 0.3) is 177 Å². The van der Waals surface area contributed by atoms with Gasteiger partial charge in [0.1, 0.15) is 39.4 Å². The first-order valence-corrected chi connectivity index (χ1v) is 26.2. The fourth-order valence-electron chi connectivity index (χ4n) is 12.2. The van der Waals surface area contributed by atoms with Gasteiger partial charge in [0.25, 0.3) is 0 Å². The van der Waals surface area contributed by atoms with Crippen molar-refractivity contribution >= 4 is 98.5 Å². The van der Waals surface area contributed by atoms with Crippen molar-refractivity contribution in [1.82, 2.24) is 44.9 Å². The van der Waals surface area contributed by atoms with Crippen LogP contribution in [0.15, 0.2) is 228 Å². The van der Waals surface area contributed by atoms with E-state index in [0.29, 0.717) is 34.1 Å². The first kappa shape index (κ1) is 43.2. The number of pyridine rings is 1. The molecule has 8 aromatic heterocycles. The molecule has 11 heteroatoms. The zero-order chi connectivity index (χ0) is 51.7. The average molecular weight is 1010 g/mol. The summed E-state index contributed by atoms with van der Waals surface area (Å²) in [5.74, 6) is 1.15. The van der Waals surface area contributed by atoms with E-state index in [-0.39, 0.29) is 0 Å². The van der Waals surface area contributed by atoms with Gasteiger partial charge >= 0.3 is 0 Å². The minimum Gasteiger partial charge on any atom is -0.456 e. The predicted octanol–water partition coefficient (Wildman–Crippen LogP) is 17.3. The summed E-state index contributed by atoms with van der Waals surface area (Å²) in [7, 11) is 0. The lowest BCUT2D eigenvalue weighted by Crippen LogP contribution is -1.99. The molecule has 0 spiro atoms. The van der Waals surface area contributed by atoms with Gasteiger partial charge in [-0.1, -0.05) is 146 Å². The van der Waals surface area contributed by atoms with Gasteiger partial charge in [-0.25, -0.2) is 19.9 Å². The number of benzene rings is 9. The molecule has 17 aromatic rings.